The zero-order chi connectivity index (χ0) is 13.9. The van der Waals surface area contributed by atoms with E-state index in [1.165, 1.54) is 0 Å². The molecule has 14 nitrogen and oxygen atoms in total. The van der Waals surface area contributed by atoms with Gasteiger partial charge in [-0.3, -0.25) is 31.2 Å². The number of rotatable bonds is 7. The Labute approximate surface area is 97.5 Å². The summed E-state index contributed by atoms with van der Waals surface area (Å²) in [7, 11) is 0. The van der Waals surface area contributed by atoms with Crippen LogP contribution in [-0.2, 0) is 14.5 Å². The van der Waals surface area contributed by atoms with E-state index < -0.39 is 40.5 Å². The molecule has 0 spiro atoms. The third-order valence-electron chi connectivity index (χ3n) is 2.09. The lowest BCUT2D eigenvalue weighted by atomic mass is 9.82. The van der Waals surface area contributed by atoms with Crippen molar-refractivity contribution in [2.75, 3.05) is 0 Å². The third-order valence-corrected chi connectivity index (χ3v) is 2.09. The summed E-state index contributed by atoms with van der Waals surface area (Å²) in [5.74, 6) is 0. The number of nitrogens with zero attached hydrogens (tertiary/aromatic N) is 4. The van der Waals surface area contributed by atoms with Gasteiger partial charge in [-0.1, -0.05) is 5.18 Å². The van der Waals surface area contributed by atoms with Crippen molar-refractivity contribution in [2.24, 2.45) is 5.18 Å². The van der Waals surface area contributed by atoms with Crippen LogP contribution < -0.4 is 0 Å². The molecule has 1 saturated carbocycles. The first-order valence-corrected chi connectivity index (χ1v) is 4.23. The summed E-state index contributed by atoms with van der Waals surface area (Å²) in [5.41, 5.74) is 0. The molecule has 0 heterocycles. The molecule has 14 heteroatoms. The Hall–Kier alpha value is -0.880. The second-order valence-corrected chi connectivity index (χ2v) is 3.06. The number of hydrogen-bond donors (Lipinski definition) is 6. The average molecular weight is 274 g/mol. The molecule has 0 amide bonds. The highest BCUT2D eigenvalue weighted by Gasteiger charge is 2.59. The minimum Gasteiger partial charge on any atom is -0.266 e. The average Bonchev–Trinajstić information content (AvgIpc) is 2.23. The van der Waals surface area contributed by atoms with Crippen molar-refractivity contribution in [1.82, 2.24) is 16.2 Å². The van der Waals surface area contributed by atoms with E-state index in [0.717, 1.165) is 0 Å². The van der Waals surface area contributed by atoms with Crippen molar-refractivity contribution in [1.29, 1.82) is 0 Å². The molecule has 1 rings (SSSR count). The van der Waals surface area contributed by atoms with E-state index in [4.69, 9.17) is 31.2 Å². The van der Waals surface area contributed by atoms with Gasteiger partial charge in [0, 0.05) is 0 Å². The second-order valence-electron chi connectivity index (χ2n) is 3.06. The normalized spacial score (nSPS) is 32.1. The monoisotopic (exact) mass is 274 g/mol. The lowest BCUT2D eigenvalue weighted by molar-refractivity contribution is -0.579. The van der Waals surface area contributed by atoms with Crippen molar-refractivity contribution in [3.05, 3.63) is 4.91 Å². The van der Waals surface area contributed by atoms with Gasteiger partial charge in [-0.25, -0.2) is 14.5 Å². The lowest BCUT2D eigenvalue weighted by Crippen LogP contribution is -2.68. The van der Waals surface area contributed by atoms with Gasteiger partial charge in [-0.05, 0) is 0 Å². The third kappa shape index (κ3) is 3.55. The van der Waals surface area contributed by atoms with Crippen LogP contribution in [0.2, 0.25) is 0 Å². The van der Waals surface area contributed by atoms with Crippen LogP contribution in [0.5, 0.6) is 0 Å². The first kappa shape index (κ1) is 15.2. The summed E-state index contributed by atoms with van der Waals surface area (Å²) in [6.45, 7) is 0. The van der Waals surface area contributed by atoms with Crippen LogP contribution in [0.4, 0.5) is 0 Å². The maximum Gasteiger partial charge on any atom is 0.154 e. The summed E-state index contributed by atoms with van der Waals surface area (Å²) in [5, 5.41) is 50.6. The van der Waals surface area contributed by atoms with Gasteiger partial charge in [0.2, 0.25) is 0 Å². The summed E-state index contributed by atoms with van der Waals surface area (Å²) in [6, 6.07) is -1.45. The molecule has 2 unspecified atom stereocenters. The standard InChI is InChI=1S/C4H10N4O10/c9-5-1-2(16-6(10)11)4(18-8(14)15)3(1)17-7(12)13/h1-4,10-15H. The second kappa shape index (κ2) is 6.33. The molecular weight excluding hydrogens is 264 g/mol. The van der Waals surface area contributed by atoms with E-state index in [1.54, 1.807) is 0 Å². The van der Waals surface area contributed by atoms with Gasteiger partial charge in [0.25, 0.3) is 0 Å². The minimum absolute atomic E-state index is 0.760. The maximum atomic E-state index is 10.4. The first-order valence-electron chi connectivity index (χ1n) is 4.23. The molecule has 2 atom stereocenters. The van der Waals surface area contributed by atoms with Gasteiger partial charge in [-0.15, -0.1) is 0 Å². The summed E-state index contributed by atoms with van der Waals surface area (Å²) in [4.78, 5) is 23.1. The lowest BCUT2D eigenvalue weighted by Gasteiger charge is -2.44. The van der Waals surface area contributed by atoms with Crippen LogP contribution in [0.15, 0.2) is 5.18 Å². The van der Waals surface area contributed by atoms with Crippen LogP contribution in [0.25, 0.3) is 0 Å². The van der Waals surface area contributed by atoms with E-state index in [9.17, 15) is 4.91 Å². The Morgan fingerprint density at radius 3 is 1.33 bits per heavy atom. The summed E-state index contributed by atoms with van der Waals surface area (Å²) in [6.07, 6.45) is -4.47. The van der Waals surface area contributed by atoms with Crippen LogP contribution in [0, 0.1) is 4.91 Å². The van der Waals surface area contributed by atoms with Crippen LogP contribution >= 0.6 is 0 Å². The number of nitroso groups, excluding NO2 is 1. The van der Waals surface area contributed by atoms with Crippen LogP contribution in [0.1, 0.15) is 0 Å². The molecule has 18 heavy (non-hydrogen) atoms. The van der Waals surface area contributed by atoms with E-state index in [1.807, 2.05) is 0 Å². The topological polar surface area (TPSA) is 188 Å². The van der Waals surface area contributed by atoms with E-state index in [-0.39, 0.29) is 0 Å². The van der Waals surface area contributed by atoms with E-state index in [2.05, 4.69) is 19.7 Å². The molecule has 0 aromatic heterocycles. The van der Waals surface area contributed by atoms with Crippen molar-refractivity contribution in [3.8, 4) is 0 Å². The zero-order valence-electron chi connectivity index (χ0n) is 8.41. The van der Waals surface area contributed by atoms with E-state index >= 15 is 0 Å². The van der Waals surface area contributed by atoms with Crippen molar-refractivity contribution in [3.63, 3.8) is 0 Å². The van der Waals surface area contributed by atoms with Gasteiger partial charge in [0.15, 0.2) is 6.04 Å². The Morgan fingerprint density at radius 1 is 0.722 bits per heavy atom. The highest BCUT2D eigenvalue weighted by molar-refractivity contribution is 5.05. The molecule has 106 valence electrons. The molecule has 0 bridgehead atoms. The van der Waals surface area contributed by atoms with Crippen molar-refractivity contribution >= 4 is 0 Å². The largest absolute Gasteiger partial charge is 0.266 e. The molecule has 0 saturated heterocycles. The van der Waals surface area contributed by atoms with Crippen LogP contribution in [-0.4, -0.2) is 71.8 Å². The molecule has 1 fully saturated rings. The molecule has 0 radical (unpaired) electrons. The summed E-state index contributed by atoms with van der Waals surface area (Å²) < 4.78 is 0. The van der Waals surface area contributed by atoms with Gasteiger partial charge in [0.05, 0.1) is 16.2 Å². The predicted molar refractivity (Wildman–Crippen MR) is 40.4 cm³/mol. The Balaban J connectivity index is 2.71. The predicted octanol–water partition coefficient (Wildman–Crippen LogP) is -1.72. The maximum absolute atomic E-state index is 10.4. The fourth-order valence-corrected chi connectivity index (χ4v) is 1.43. The first-order chi connectivity index (χ1) is 8.36. The highest BCUT2D eigenvalue weighted by Crippen LogP contribution is 2.33. The Kier molecular flexibility index (Phi) is 5.34. The summed E-state index contributed by atoms with van der Waals surface area (Å²) >= 11 is 0. The van der Waals surface area contributed by atoms with Gasteiger partial charge >= 0.3 is 0 Å². The smallest absolute Gasteiger partial charge is 0.154 e. The van der Waals surface area contributed by atoms with Gasteiger partial charge < -0.3 is 0 Å². The van der Waals surface area contributed by atoms with Crippen molar-refractivity contribution in [2.45, 2.75) is 24.4 Å². The molecular formula is C4H10N4O10. The van der Waals surface area contributed by atoms with E-state index in [0.29, 0.717) is 0 Å². The fourth-order valence-electron chi connectivity index (χ4n) is 1.43. The molecule has 6 N–H and O–H groups in total. The Bertz CT molecular complexity index is 257. The number of hydrogen-bond acceptors (Lipinski definition) is 14. The van der Waals surface area contributed by atoms with Gasteiger partial charge in [-0.2, -0.15) is 4.91 Å². The quantitative estimate of drug-likeness (QED) is 0.227. The molecule has 0 aromatic carbocycles. The zero-order valence-corrected chi connectivity index (χ0v) is 8.41. The fraction of sp³-hybridized carbons (Fsp3) is 1.00. The molecule has 0 aliphatic heterocycles. The SMILES string of the molecule is O=NC1C(ON(O)O)C(ON(O)O)C1ON(O)O. The molecule has 0 aromatic rings. The molecule has 1 aliphatic rings. The Morgan fingerprint density at radius 2 is 1.06 bits per heavy atom. The van der Waals surface area contributed by atoms with Crippen molar-refractivity contribution < 1.29 is 45.8 Å². The molecule has 1 aliphatic carbocycles. The highest BCUT2D eigenvalue weighted by atomic mass is 17.1. The minimum atomic E-state index is -1.51. The van der Waals surface area contributed by atoms with Crippen LogP contribution in [0.3, 0.4) is 0 Å². The van der Waals surface area contributed by atoms with Gasteiger partial charge in [0.1, 0.15) is 18.3 Å².